The molecule has 0 atom stereocenters. The van der Waals surface area contributed by atoms with Crippen molar-refractivity contribution in [3.05, 3.63) is 84.4 Å². The van der Waals surface area contributed by atoms with Gasteiger partial charge in [-0.3, -0.25) is 0 Å². The van der Waals surface area contributed by atoms with Gasteiger partial charge in [0.1, 0.15) is 5.75 Å². The number of nitriles is 1. The highest BCUT2D eigenvalue weighted by molar-refractivity contribution is 5.95. The molecule has 0 saturated carbocycles. The van der Waals surface area contributed by atoms with E-state index in [2.05, 4.69) is 11.4 Å². The van der Waals surface area contributed by atoms with Crippen molar-refractivity contribution in [2.75, 3.05) is 12.4 Å². The molecule has 0 aliphatic heterocycles. The van der Waals surface area contributed by atoms with Crippen LogP contribution in [0, 0.1) is 11.3 Å². The van der Waals surface area contributed by atoms with E-state index in [0.29, 0.717) is 5.56 Å². The number of ether oxygens (including phenoxy) is 1. The third-order valence-electron chi connectivity index (χ3n) is 4.37. The van der Waals surface area contributed by atoms with Crippen LogP contribution in [0.15, 0.2) is 78.9 Å². The van der Waals surface area contributed by atoms with E-state index in [4.69, 9.17) is 15.0 Å². The summed E-state index contributed by atoms with van der Waals surface area (Å²) in [7, 11) is 1.65. The van der Waals surface area contributed by atoms with Crippen LogP contribution in [-0.2, 0) is 0 Å². The van der Waals surface area contributed by atoms with Gasteiger partial charge in [0.05, 0.1) is 35.6 Å². The lowest BCUT2D eigenvalue weighted by atomic mass is 10.1. The molecule has 0 unspecified atom stereocenters. The third-order valence-corrected chi connectivity index (χ3v) is 4.37. The minimum Gasteiger partial charge on any atom is -0.497 e. The first-order chi connectivity index (χ1) is 13.3. The molecule has 3 aromatic carbocycles. The highest BCUT2D eigenvalue weighted by Gasteiger charge is 2.08. The topological polar surface area (TPSA) is 57.9 Å². The Labute approximate surface area is 157 Å². The normalized spacial score (nSPS) is 10.4. The summed E-state index contributed by atoms with van der Waals surface area (Å²) in [4.78, 5) is 4.80. The summed E-state index contributed by atoms with van der Waals surface area (Å²) in [5.41, 5.74) is 5.22. The summed E-state index contributed by atoms with van der Waals surface area (Å²) in [6, 6.07) is 27.5. The first kappa shape index (κ1) is 16.6. The van der Waals surface area contributed by atoms with Crippen molar-refractivity contribution in [2.45, 2.75) is 0 Å². The van der Waals surface area contributed by atoms with E-state index in [1.807, 2.05) is 72.8 Å². The maximum Gasteiger partial charge on any atom is 0.118 e. The number of para-hydroxylation sites is 1. The van der Waals surface area contributed by atoms with Crippen LogP contribution in [0.1, 0.15) is 5.56 Å². The van der Waals surface area contributed by atoms with Crippen LogP contribution in [0.4, 0.5) is 11.4 Å². The average Bonchev–Trinajstić information content (AvgIpc) is 2.74. The van der Waals surface area contributed by atoms with Crippen LogP contribution < -0.4 is 10.1 Å². The second-order valence-electron chi connectivity index (χ2n) is 6.12. The third kappa shape index (κ3) is 3.44. The fourth-order valence-electron chi connectivity index (χ4n) is 3.01. The van der Waals surface area contributed by atoms with E-state index in [9.17, 15) is 0 Å². The van der Waals surface area contributed by atoms with Crippen LogP contribution in [-0.4, -0.2) is 12.1 Å². The van der Waals surface area contributed by atoms with Crippen molar-refractivity contribution in [3.63, 3.8) is 0 Å². The quantitative estimate of drug-likeness (QED) is 0.525. The molecule has 1 heterocycles. The summed E-state index contributed by atoms with van der Waals surface area (Å²) in [5, 5.41) is 13.6. The summed E-state index contributed by atoms with van der Waals surface area (Å²) < 4.78 is 5.24. The highest BCUT2D eigenvalue weighted by Crippen LogP contribution is 2.31. The zero-order chi connectivity index (χ0) is 18.6. The van der Waals surface area contributed by atoms with E-state index in [-0.39, 0.29) is 0 Å². The lowest BCUT2D eigenvalue weighted by Crippen LogP contribution is -1.95. The first-order valence-corrected chi connectivity index (χ1v) is 8.58. The zero-order valence-electron chi connectivity index (χ0n) is 14.8. The van der Waals surface area contributed by atoms with Gasteiger partial charge < -0.3 is 10.1 Å². The van der Waals surface area contributed by atoms with Crippen LogP contribution in [0.5, 0.6) is 5.75 Å². The van der Waals surface area contributed by atoms with Gasteiger partial charge in [-0.25, -0.2) is 4.98 Å². The zero-order valence-corrected chi connectivity index (χ0v) is 14.8. The average molecular weight is 351 g/mol. The molecule has 27 heavy (non-hydrogen) atoms. The number of nitrogens with one attached hydrogen (secondary N) is 1. The molecule has 0 spiro atoms. The predicted molar refractivity (Wildman–Crippen MR) is 108 cm³/mol. The van der Waals surface area contributed by atoms with Gasteiger partial charge >= 0.3 is 0 Å². The molecular formula is C23H17N3O. The number of nitrogens with zero attached hydrogens (tertiary/aromatic N) is 2. The molecule has 130 valence electrons. The Morgan fingerprint density at radius 3 is 2.52 bits per heavy atom. The molecule has 1 N–H and O–H groups in total. The molecule has 0 saturated heterocycles. The molecule has 4 nitrogen and oxygen atoms in total. The Balaban J connectivity index is 1.81. The number of hydrogen-bond donors (Lipinski definition) is 1. The van der Waals surface area contributed by atoms with Gasteiger partial charge in [0, 0.05) is 16.6 Å². The Morgan fingerprint density at radius 1 is 0.926 bits per heavy atom. The molecule has 4 rings (SSSR count). The minimum atomic E-state index is 0.619. The molecule has 0 bridgehead atoms. The smallest absolute Gasteiger partial charge is 0.118 e. The molecule has 0 fully saturated rings. The van der Waals surface area contributed by atoms with E-state index in [0.717, 1.165) is 39.3 Å². The Morgan fingerprint density at radius 2 is 1.74 bits per heavy atom. The predicted octanol–water partition coefficient (Wildman–Crippen LogP) is 5.53. The van der Waals surface area contributed by atoms with Gasteiger partial charge in [0.25, 0.3) is 0 Å². The molecule has 1 aromatic heterocycles. The van der Waals surface area contributed by atoms with Gasteiger partial charge in [-0.05, 0) is 54.6 Å². The molecule has 4 aromatic rings. The fourth-order valence-corrected chi connectivity index (χ4v) is 3.01. The summed E-state index contributed by atoms with van der Waals surface area (Å²) in [6.07, 6.45) is 0. The first-order valence-electron chi connectivity index (χ1n) is 8.58. The number of fused-ring (bicyclic) bond motifs is 1. The highest BCUT2D eigenvalue weighted by atomic mass is 16.5. The Bertz CT molecular complexity index is 1140. The van der Waals surface area contributed by atoms with E-state index < -0.39 is 0 Å². The lowest BCUT2D eigenvalue weighted by Gasteiger charge is -2.13. The molecule has 4 heteroatoms. The van der Waals surface area contributed by atoms with Crippen LogP contribution in [0.25, 0.3) is 22.2 Å². The monoisotopic (exact) mass is 351 g/mol. The van der Waals surface area contributed by atoms with Crippen molar-refractivity contribution >= 4 is 22.3 Å². The molecular weight excluding hydrogens is 334 g/mol. The van der Waals surface area contributed by atoms with E-state index >= 15 is 0 Å². The maximum absolute atomic E-state index is 9.14. The van der Waals surface area contributed by atoms with Crippen molar-refractivity contribution in [2.24, 2.45) is 0 Å². The van der Waals surface area contributed by atoms with Crippen LogP contribution >= 0.6 is 0 Å². The minimum absolute atomic E-state index is 0.619. The standard InChI is InChI=1S/C23H17N3O/c1-27-19-11-9-17(10-12-19)22-14-23(20-7-2-3-8-21(20)26-22)25-18-6-4-5-16(13-18)15-24/h2-14H,1H3,(H,25,26). The summed E-state index contributed by atoms with van der Waals surface area (Å²) in [6.45, 7) is 0. The molecule has 0 aliphatic rings. The van der Waals surface area contributed by atoms with E-state index in [1.165, 1.54) is 0 Å². The second-order valence-corrected chi connectivity index (χ2v) is 6.12. The van der Waals surface area contributed by atoms with Crippen LogP contribution in [0.3, 0.4) is 0 Å². The van der Waals surface area contributed by atoms with Crippen molar-refractivity contribution in [3.8, 4) is 23.1 Å². The van der Waals surface area contributed by atoms with Gasteiger partial charge in [0.15, 0.2) is 0 Å². The van der Waals surface area contributed by atoms with Crippen LogP contribution in [0.2, 0.25) is 0 Å². The number of hydrogen-bond acceptors (Lipinski definition) is 4. The number of aromatic nitrogens is 1. The number of pyridine rings is 1. The summed E-state index contributed by atoms with van der Waals surface area (Å²) in [5.74, 6) is 0.811. The maximum atomic E-state index is 9.14. The van der Waals surface area contributed by atoms with Crippen molar-refractivity contribution in [1.29, 1.82) is 5.26 Å². The van der Waals surface area contributed by atoms with Gasteiger partial charge in [-0.1, -0.05) is 24.3 Å². The number of methoxy groups -OCH3 is 1. The number of anilines is 2. The van der Waals surface area contributed by atoms with E-state index in [1.54, 1.807) is 13.2 Å². The summed E-state index contributed by atoms with van der Waals surface area (Å²) >= 11 is 0. The Hall–Kier alpha value is -3.84. The van der Waals surface area contributed by atoms with Crippen molar-refractivity contribution < 1.29 is 4.74 Å². The fraction of sp³-hybridized carbons (Fsp3) is 0.0435. The van der Waals surface area contributed by atoms with Crippen molar-refractivity contribution in [1.82, 2.24) is 4.98 Å². The second kappa shape index (κ2) is 7.19. The Kier molecular flexibility index (Phi) is 4.42. The largest absolute Gasteiger partial charge is 0.497 e. The lowest BCUT2D eigenvalue weighted by molar-refractivity contribution is 0.415. The van der Waals surface area contributed by atoms with Gasteiger partial charge in [0.2, 0.25) is 0 Å². The van der Waals surface area contributed by atoms with Gasteiger partial charge in [-0.15, -0.1) is 0 Å². The molecule has 0 aliphatic carbocycles. The SMILES string of the molecule is COc1ccc(-c2cc(Nc3cccc(C#N)c3)c3ccccc3n2)cc1. The number of rotatable bonds is 4. The molecule has 0 radical (unpaired) electrons. The molecule has 0 amide bonds. The number of benzene rings is 3. The van der Waals surface area contributed by atoms with Gasteiger partial charge in [-0.2, -0.15) is 5.26 Å².